The summed E-state index contributed by atoms with van der Waals surface area (Å²) in [7, 11) is 6.28. The number of sulfone groups is 1. The summed E-state index contributed by atoms with van der Waals surface area (Å²) >= 11 is 0. The van der Waals surface area contributed by atoms with Crippen molar-refractivity contribution in [1.82, 2.24) is 56.0 Å². The van der Waals surface area contributed by atoms with Crippen LogP contribution in [0.15, 0.2) is 12.2 Å². The molecular weight excluding hydrogens is 1210 g/mol. The molecule has 10 amide bonds. The number of allylic oxidation sites excluding steroid dienone is 2. The maximum absolute atomic E-state index is 15.0. The Morgan fingerprint density at radius 3 is 1.39 bits per heavy atom. The van der Waals surface area contributed by atoms with Crippen molar-refractivity contribution in [2.75, 3.05) is 67.9 Å². The third-order valence-corrected chi connectivity index (χ3v) is 17.9. The van der Waals surface area contributed by atoms with Crippen molar-refractivity contribution >= 4 is 75.2 Å². The Morgan fingerprint density at radius 1 is 0.511 bits per heavy atom. The van der Waals surface area contributed by atoms with Gasteiger partial charge < -0.3 is 71.0 Å². The molecule has 0 aliphatic heterocycles. The molecule has 0 aromatic heterocycles. The Kier molecular flexibility index (Phi) is 37.6. The fourth-order valence-electron chi connectivity index (χ4n) is 11.3. The first-order chi connectivity index (χ1) is 42.5. The van der Waals surface area contributed by atoms with Gasteiger partial charge in [0.15, 0.2) is 0 Å². The Balaban J connectivity index is 6.98. The molecule has 0 heterocycles. The molecule has 0 bridgehead atoms. The van der Waals surface area contributed by atoms with Crippen LogP contribution in [0, 0.1) is 41.4 Å². The zero-order valence-electron chi connectivity index (χ0n) is 59.9. The lowest BCUT2D eigenvalue weighted by molar-refractivity contribution is -0.157. The summed E-state index contributed by atoms with van der Waals surface area (Å²) in [6, 6.07) is -13.1. The van der Waals surface area contributed by atoms with Crippen molar-refractivity contribution in [3.8, 4) is 0 Å². The molecule has 0 aliphatic carbocycles. The van der Waals surface area contributed by atoms with Gasteiger partial charge in [0.05, 0.1) is 23.9 Å². The van der Waals surface area contributed by atoms with E-state index in [1.54, 1.807) is 54.7 Å². The molecule has 0 unspecified atom stereocenters. The van der Waals surface area contributed by atoms with Crippen LogP contribution in [-0.4, -0.2) is 254 Å². The second-order valence-electron chi connectivity index (χ2n) is 27.1. The highest BCUT2D eigenvalue weighted by atomic mass is 32.2. The number of aldehydes is 1. The molecule has 0 fully saturated rings. The van der Waals surface area contributed by atoms with Crippen LogP contribution in [0.3, 0.4) is 0 Å². The van der Waals surface area contributed by atoms with Crippen LogP contribution in [0.2, 0.25) is 0 Å². The van der Waals surface area contributed by atoms with E-state index in [2.05, 4.69) is 26.6 Å². The van der Waals surface area contributed by atoms with Crippen molar-refractivity contribution in [2.24, 2.45) is 41.4 Å². The Bertz CT molecular complexity index is 2580. The highest BCUT2D eigenvalue weighted by Gasteiger charge is 2.45. The lowest BCUT2D eigenvalue weighted by atomic mass is 9.91. The predicted octanol–water partition coefficient (Wildman–Crippen LogP) is 1.99. The number of aliphatic hydroxyl groups is 2. The van der Waals surface area contributed by atoms with E-state index in [0.29, 0.717) is 12.7 Å². The van der Waals surface area contributed by atoms with E-state index in [4.69, 9.17) is 0 Å². The van der Waals surface area contributed by atoms with Crippen LogP contribution in [0.5, 0.6) is 0 Å². The number of carbonyl (C=O) groups excluding carboxylic acids is 11. The number of amides is 10. The highest BCUT2D eigenvalue weighted by molar-refractivity contribution is 7.90. The first kappa shape index (κ1) is 85.9. The molecule has 14 atom stereocenters. The van der Waals surface area contributed by atoms with Gasteiger partial charge >= 0.3 is 0 Å². The van der Waals surface area contributed by atoms with E-state index in [9.17, 15) is 71.4 Å². The Morgan fingerprint density at radius 2 is 0.957 bits per heavy atom. The van der Waals surface area contributed by atoms with E-state index in [-0.39, 0.29) is 62.9 Å². The van der Waals surface area contributed by atoms with Gasteiger partial charge in [0.25, 0.3) is 0 Å². The molecular formula is C65H119N11O15S. The van der Waals surface area contributed by atoms with Crippen molar-refractivity contribution < 1.29 is 71.4 Å². The molecule has 92 heavy (non-hydrogen) atoms. The molecule has 27 heteroatoms. The minimum atomic E-state index is -3.67. The first-order valence-electron chi connectivity index (χ1n) is 32.5. The standard InChI is InChI=1S/C65H119N11O15S/c1-25-27-29-42(13)55(79)54(59(83)69-46(26-2)35-78)76(23)65(89)52(41(11)12)74(21)63(87)50(34-39(7)8)73(20)62(86)49(33-38(5)6)72(19)60(84)45(16)68-56(80)44(15)67-57(81)48(32-37(3)4)71(18)64(88)51(40(9)10)70-58(82)53(43(14)36-92(24,90)91)75(22)61(85)47(66-17)30-28-31-77/h25,27,35,37-55,66,77,79H,26,28-34,36H2,1-24H3,(H,67,81)(H,68,80)(H,69,83)(H,70,82)/b27-25+/t42-,43-,44+,45-,46+,47-,48+,49+,50+,51+,52+,53+,54+,55-/m1/s1. The summed E-state index contributed by atoms with van der Waals surface area (Å²) in [6.07, 6.45) is 5.31. The van der Waals surface area contributed by atoms with Crippen LogP contribution in [0.4, 0.5) is 0 Å². The molecule has 0 aromatic carbocycles. The van der Waals surface area contributed by atoms with Gasteiger partial charge in [-0.3, -0.25) is 47.9 Å². The average Bonchev–Trinajstić information content (AvgIpc) is 1.02. The van der Waals surface area contributed by atoms with E-state index >= 15 is 0 Å². The second kappa shape index (κ2) is 40.2. The molecule has 26 nitrogen and oxygen atoms in total. The minimum absolute atomic E-state index is 0.102. The number of nitrogens with zero attached hydrogens (tertiary/aromatic N) is 6. The Hall–Kier alpha value is -6.06. The van der Waals surface area contributed by atoms with Crippen molar-refractivity contribution in [3.63, 3.8) is 0 Å². The summed E-state index contributed by atoms with van der Waals surface area (Å²) in [5.74, 6) is -10.5. The predicted molar refractivity (Wildman–Crippen MR) is 355 cm³/mol. The summed E-state index contributed by atoms with van der Waals surface area (Å²) in [5, 5.41) is 34.7. The maximum atomic E-state index is 15.0. The number of rotatable bonds is 41. The molecule has 0 spiro atoms. The lowest BCUT2D eigenvalue weighted by Gasteiger charge is -2.41. The zero-order chi connectivity index (χ0) is 71.7. The molecule has 0 saturated heterocycles. The monoisotopic (exact) mass is 1330 g/mol. The van der Waals surface area contributed by atoms with E-state index in [0.717, 1.165) is 16.1 Å². The van der Waals surface area contributed by atoms with Gasteiger partial charge in [-0.25, -0.2) is 8.42 Å². The summed E-state index contributed by atoms with van der Waals surface area (Å²) in [5.41, 5.74) is 0. The maximum Gasteiger partial charge on any atom is 0.246 e. The normalized spacial score (nSPS) is 16.6. The number of carbonyl (C=O) groups is 11. The largest absolute Gasteiger partial charge is 0.396 e. The minimum Gasteiger partial charge on any atom is -0.396 e. The molecule has 0 aliphatic rings. The van der Waals surface area contributed by atoms with Gasteiger partial charge in [-0.15, -0.1) is 0 Å². The van der Waals surface area contributed by atoms with Crippen molar-refractivity contribution in [2.45, 2.75) is 228 Å². The fraction of sp³-hybridized carbons (Fsp3) is 0.800. The fourth-order valence-corrected chi connectivity index (χ4v) is 12.4. The van der Waals surface area contributed by atoms with Crippen LogP contribution in [0.25, 0.3) is 0 Å². The third kappa shape index (κ3) is 26.0. The molecule has 7 N–H and O–H groups in total. The van der Waals surface area contributed by atoms with Gasteiger partial charge in [-0.2, -0.15) is 0 Å². The quantitative estimate of drug-likeness (QED) is 0.0340. The SMILES string of the molecule is C/C=C/C[C@@H](C)[C@@H](O)[C@@H](C(=O)N[C@H](C=O)CC)N(C)C(=O)[C@H](C(C)C)N(C)C(=O)[C@H](CC(C)C)N(C)C(=O)[C@H](CC(C)C)N(C)C(=O)[C@@H](C)NC(=O)[C@H](C)NC(=O)[C@H](CC(C)C)N(C)C(=O)[C@@H](NC(=O)[C@H]([C@H](C)CS(C)(=O)=O)N(C)C(=O)[C@@H](CCCO)NC)C(C)C. The molecule has 0 radical (unpaired) electrons. The summed E-state index contributed by atoms with van der Waals surface area (Å²) < 4.78 is 25.1. The van der Waals surface area contributed by atoms with E-state index in [1.807, 2.05) is 54.5 Å². The number of hydrogen-bond donors (Lipinski definition) is 7. The van der Waals surface area contributed by atoms with Gasteiger partial charge in [-0.1, -0.05) is 102 Å². The van der Waals surface area contributed by atoms with Crippen LogP contribution < -0.4 is 26.6 Å². The number of aliphatic hydroxyl groups excluding tert-OH is 2. The van der Waals surface area contributed by atoms with Crippen LogP contribution in [-0.2, 0) is 62.6 Å². The Labute approximate surface area is 550 Å². The molecule has 0 saturated carbocycles. The van der Waals surface area contributed by atoms with Gasteiger partial charge in [-0.05, 0) is 114 Å². The summed E-state index contributed by atoms with van der Waals surface area (Å²) in [4.78, 5) is 163. The van der Waals surface area contributed by atoms with Crippen molar-refractivity contribution in [3.05, 3.63) is 12.2 Å². The number of nitrogens with one attached hydrogen (secondary N) is 5. The number of likely N-dealkylation sites (N-methyl/N-ethyl adjacent to an activating group) is 7. The van der Waals surface area contributed by atoms with Crippen molar-refractivity contribution in [1.29, 1.82) is 0 Å². The van der Waals surface area contributed by atoms with Crippen LogP contribution in [0.1, 0.15) is 156 Å². The zero-order valence-corrected chi connectivity index (χ0v) is 60.7. The average molecular weight is 1330 g/mol. The van der Waals surface area contributed by atoms with Gasteiger partial charge in [0.1, 0.15) is 70.5 Å². The molecule has 530 valence electrons. The second-order valence-corrected chi connectivity index (χ2v) is 29.3. The topological polar surface area (TPSA) is 342 Å². The molecule has 0 rings (SSSR count). The smallest absolute Gasteiger partial charge is 0.246 e. The van der Waals surface area contributed by atoms with E-state index < -0.39 is 171 Å². The van der Waals surface area contributed by atoms with Gasteiger partial charge in [0.2, 0.25) is 59.1 Å². The van der Waals surface area contributed by atoms with Crippen LogP contribution >= 0.6 is 0 Å². The van der Waals surface area contributed by atoms with Gasteiger partial charge in [0, 0.05) is 55.1 Å². The first-order valence-corrected chi connectivity index (χ1v) is 34.5. The highest BCUT2D eigenvalue weighted by Crippen LogP contribution is 2.26. The van der Waals surface area contributed by atoms with E-state index in [1.165, 1.54) is 82.7 Å². The number of hydrogen-bond acceptors (Lipinski definition) is 16. The third-order valence-electron chi connectivity index (χ3n) is 16.8. The molecule has 0 aromatic rings. The summed E-state index contributed by atoms with van der Waals surface area (Å²) in [6.45, 7) is 27.2. The lowest BCUT2D eigenvalue weighted by Crippen LogP contribution is -2.63.